The van der Waals surface area contributed by atoms with Gasteiger partial charge in [-0.05, 0) is 29.9 Å². The van der Waals surface area contributed by atoms with E-state index in [1.54, 1.807) is 0 Å². The third-order valence-electron chi connectivity index (χ3n) is 4.64. The number of rotatable bonds is 7. The fraction of sp³-hybridized carbons (Fsp3) is 0.524. The van der Waals surface area contributed by atoms with E-state index in [-0.39, 0.29) is 0 Å². The highest BCUT2D eigenvalue weighted by atomic mass is 16.6. The Hall–Kier alpha value is -2.30. The van der Waals surface area contributed by atoms with Gasteiger partial charge in [-0.15, -0.1) is 0 Å². The van der Waals surface area contributed by atoms with Crippen LogP contribution in [-0.4, -0.2) is 31.8 Å². The van der Waals surface area contributed by atoms with E-state index < -0.39 is 23.5 Å². The lowest BCUT2D eigenvalue weighted by Crippen LogP contribution is -2.52. The molecule has 0 saturated carbocycles. The fourth-order valence-electron chi connectivity index (χ4n) is 3.66. The molecule has 1 aromatic carbocycles. The summed E-state index contributed by atoms with van der Waals surface area (Å²) < 4.78 is 15.8. The number of methoxy groups -OCH3 is 2. The molecular weight excluding hydrogens is 332 g/mol. The summed E-state index contributed by atoms with van der Waals surface area (Å²) in [7, 11) is 2.50. The van der Waals surface area contributed by atoms with Gasteiger partial charge in [-0.25, -0.2) is 9.59 Å². The predicted molar refractivity (Wildman–Crippen MR) is 98.4 cm³/mol. The second kappa shape index (κ2) is 8.39. The van der Waals surface area contributed by atoms with Crippen LogP contribution in [0.25, 0.3) is 0 Å². The Morgan fingerprint density at radius 1 is 1.08 bits per heavy atom. The van der Waals surface area contributed by atoms with Crippen LogP contribution in [0.3, 0.4) is 0 Å². The summed E-state index contributed by atoms with van der Waals surface area (Å²) in [5.74, 6) is -0.541. The third-order valence-corrected chi connectivity index (χ3v) is 4.64. The molecule has 0 saturated heterocycles. The largest absolute Gasteiger partial charge is 0.468 e. The van der Waals surface area contributed by atoms with Gasteiger partial charge in [0.2, 0.25) is 0 Å². The van der Waals surface area contributed by atoms with Crippen molar-refractivity contribution in [1.82, 2.24) is 0 Å². The molecule has 0 bridgehead atoms. The number of hydrogen-bond donors (Lipinski definition) is 0. The van der Waals surface area contributed by atoms with Crippen LogP contribution in [0.5, 0.6) is 0 Å². The van der Waals surface area contributed by atoms with Crippen molar-refractivity contribution in [3.05, 3.63) is 47.7 Å². The number of carbonyl (C=O) groups is 2. The van der Waals surface area contributed by atoms with Gasteiger partial charge in [0.05, 0.1) is 25.9 Å². The summed E-state index contributed by atoms with van der Waals surface area (Å²) in [6.45, 7) is 6.47. The van der Waals surface area contributed by atoms with Gasteiger partial charge in [-0.1, -0.05) is 51.1 Å². The van der Waals surface area contributed by atoms with Gasteiger partial charge < -0.3 is 14.2 Å². The van der Waals surface area contributed by atoms with E-state index in [2.05, 4.69) is 20.8 Å². The summed E-state index contributed by atoms with van der Waals surface area (Å²) in [4.78, 5) is 25.3. The minimum absolute atomic E-state index is 0.365. The summed E-state index contributed by atoms with van der Waals surface area (Å²) in [6, 6.07) is 9.34. The van der Waals surface area contributed by atoms with Crippen molar-refractivity contribution in [2.45, 2.75) is 45.1 Å². The molecule has 0 radical (unpaired) electrons. The van der Waals surface area contributed by atoms with Gasteiger partial charge in [0.15, 0.2) is 0 Å². The van der Waals surface area contributed by atoms with Gasteiger partial charge in [0.25, 0.3) is 0 Å². The summed E-state index contributed by atoms with van der Waals surface area (Å²) >= 11 is 0. The molecule has 5 nitrogen and oxygen atoms in total. The van der Waals surface area contributed by atoms with Crippen molar-refractivity contribution in [2.24, 2.45) is 11.8 Å². The van der Waals surface area contributed by atoms with Crippen molar-refractivity contribution in [3.8, 4) is 0 Å². The van der Waals surface area contributed by atoms with E-state index in [1.165, 1.54) is 14.2 Å². The van der Waals surface area contributed by atoms with Gasteiger partial charge in [-0.2, -0.15) is 0 Å². The molecule has 0 amide bonds. The number of ether oxygens (including phenoxy) is 3. The van der Waals surface area contributed by atoms with Gasteiger partial charge in [-0.3, -0.25) is 0 Å². The molecule has 1 aromatic rings. The van der Waals surface area contributed by atoms with E-state index in [4.69, 9.17) is 14.2 Å². The Bertz CT molecular complexity index is 646. The van der Waals surface area contributed by atoms with E-state index in [0.29, 0.717) is 24.0 Å². The smallest absolute Gasteiger partial charge is 0.363 e. The molecule has 1 aliphatic rings. The predicted octanol–water partition coefficient (Wildman–Crippen LogP) is 3.84. The number of esters is 2. The standard InChI is InChI=1S/C21H28O5/c1-14(2)11-15(3)12-17-13-18(16-9-7-6-8-10-16)21(26-17,19(22)24-4)20(23)25-5/h6-10,13-15,18H,11-12H2,1-5H3. The van der Waals surface area contributed by atoms with Crippen molar-refractivity contribution in [1.29, 1.82) is 0 Å². The average molecular weight is 360 g/mol. The zero-order valence-electron chi connectivity index (χ0n) is 16.2. The van der Waals surface area contributed by atoms with Crippen molar-refractivity contribution in [2.75, 3.05) is 14.2 Å². The van der Waals surface area contributed by atoms with Crippen LogP contribution in [0.1, 0.15) is 45.1 Å². The number of hydrogen-bond acceptors (Lipinski definition) is 5. The third kappa shape index (κ3) is 3.92. The fourth-order valence-corrected chi connectivity index (χ4v) is 3.66. The van der Waals surface area contributed by atoms with E-state index in [1.807, 2.05) is 36.4 Å². The maximum absolute atomic E-state index is 12.6. The van der Waals surface area contributed by atoms with Crippen LogP contribution in [0.2, 0.25) is 0 Å². The van der Waals surface area contributed by atoms with E-state index in [0.717, 1.165) is 12.0 Å². The quantitative estimate of drug-likeness (QED) is 0.546. The minimum Gasteiger partial charge on any atom is -0.468 e. The highest BCUT2D eigenvalue weighted by molar-refractivity contribution is 6.06. The first-order valence-electron chi connectivity index (χ1n) is 8.96. The highest BCUT2D eigenvalue weighted by Gasteiger charge is 2.60. The van der Waals surface area contributed by atoms with Crippen LogP contribution < -0.4 is 0 Å². The van der Waals surface area contributed by atoms with Crippen LogP contribution in [0, 0.1) is 11.8 Å². The van der Waals surface area contributed by atoms with Crippen LogP contribution in [0.15, 0.2) is 42.2 Å². The first kappa shape index (κ1) is 20.0. The topological polar surface area (TPSA) is 61.8 Å². The summed E-state index contributed by atoms with van der Waals surface area (Å²) in [5, 5.41) is 0. The van der Waals surface area contributed by atoms with Crippen LogP contribution in [-0.2, 0) is 23.8 Å². The monoisotopic (exact) mass is 360 g/mol. The zero-order valence-corrected chi connectivity index (χ0v) is 16.2. The molecule has 2 rings (SSSR count). The lowest BCUT2D eigenvalue weighted by atomic mass is 9.82. The van der Waals surface area contributed by atoms with Crippen molar-refractivity contribution < 1.29 is 23.8 Å². The lowest BCUT2D eigenvalue weighted by Gasteiger charge is -2.30. The SMILES string of the molecule is COC(=O)C1(C(=O)OC)OC(CC(C)CC(C)C)=CC1c1ccccc1. The van der Waals surface area contributed by atoms with E-state index in [9.17, 15) is 9.59 Å². The molecule has 1 heterocycles. The van der Waals surface area contributed by atoms with Crippen LogP contribution >= 0.6 is 0 Å². The maximum atomic E-state index is 12.6. The molecule has 0 N–H and O–H groups in total. The molecule has 2 atom stereocenters. The van der Waals surface area contributed by atoms with Gasteiger partial charge >= 0.3 is 17.5 Å². The second-order valence-corrected chi connectivity index (χ2v) is 7.28. The molecule has 0 aromatic heterocycles. The van der Waals surface area contributed by atoms with E-state index >= 15 is 0 Å². The zero-order chi connectivity index (χ0) is 19.3. The molecule has 0 spiro atoms. The Kier molecular flexibility index (Phi) is 6.46. The molecule has 1 aliphatic heterocycles. The summed E-state index contributed by atoms with van der Waals surface area (Å²) in [6.07, 6.45) is 3.54. The normalized spacial score (nSPS) is 19.5. The van der Waals surface area contributed by atoms with Crippen LogP contribution in [0.4, 0.5) is 0 Å². The van der Waals surface area contributed by atoms with Crippen molar-refractivity contribution >= 4 is 11.9 Å². The Balaban J connectivity index is 2.43. The molecule has 142 valence electrons. The number of carbonyl (C=O) groups excluding carboxylic acids is 2. The second-order valence-electron chi connectivity index (χ2n) is 7.28. The molecular formula is C21H28O5. The molecule has 5 heteroatoms. The Morgan fingerprint density at radius 2 is 1.65 bits per heavy atom. The molecule has 0 aliphatic carbocycles. The molecule has 0 fully saturated rings. The first-order chi connectivity index (χ1) is 12.3. The maximum Gasteiger partial charge on any atom is 0.363 e. The Labute approximate surface area is 155 Å². The van der Waals surface area contributed by atoms with Gasteiger partial charge in [0.1, 0.15) is 0 Å². The summed E-state index contributed by atoms with van der Waals surface area (Å²) in [5.41, 5.74) is -1.03. The first-order valence-corrected chi connectivity index (χ1v) is 8.96. The highest BCUT2D eigenvalue weighted by Crippen LogP contribution is 2.44. The lowest BCUT2D eigenvalue weighted by molar-refractivity contribution is -0.182. The van der Waals surface area contributed by atoms with Gasteiger partial charge in [0, 0.05) is 6.42 Å². The average Bonchev–Trinajstić information content (AvgIpc) is 3.00. The number of benzene rings is 1. The minimum atomic E-state index is -1.84. The number of allylic oxidation sites excluding steroid dienone is 1. The molecule has 2 unspecified atom stereocenters. The Morgan fingerprint density at radius 3 is 2.15 bits per heavy atom. The molecule has 26 heavy (non-hydrogen) atoms. The van der Waals surface area contributed by atoms with Crippen molar-refractivity contribution in [3.63, 3.8) is 0 Å².